The van der Waals surface area contributed by atoms with Gasteiger partial charge in [0.05, 0.1) is 18.8 Å². The Morgan fingerprint density at radius 3 is 2.50 bits per heavy atom. The maximum Gasteiger partial charge on any atom is 0.358 e. The Morgan fingerprint density at radius 1 is 1.06 bits per heavy atom. The van der Waals surface area contributed by atoms with Crippen LogP contribution in [-0.4, -0.2) is 53.9 Å². The minimum atomic E-state index is -0.468. The first-order valence-electron chi connectivity index (χ1n) is 11.0. The van der Waals surface area contributed by atoms with Crippen molar-refractivity contribution in [3.63, 3.8) is 0 Å². The first kappa shape index (κ1) is 22.8. The van der Waals surface area contributed by atoms with E-state index in [1.165, 1.54) is 0 Å². The zero-order chi connectivity index (χ0) is 23.9. The number of hydrogen-bond acceptors (Lipinski definition) is 6. The Hall–Kier alpha value is -4.34. The van der Waals surface area contributed by atoms with Crippen LogP contribution < -0.4 is 20.9 Å². The number of piperazine rings is 1. The Morgan fingerprint density at radius 2 is 1.79 bits per heavy atom. The number of benzene rings is 2. The fraction of sp³-hybridized carbons (Fsp3) is 0.250. The second-order valence-electron chi connectivity index (χ2n) is 7.66. The maximum atomic E-state index is 12.3. The molecule has 0 aliphatic carbocycles. The summed E-state index contributed by atoms with van der Waals surface area (Å²) in [6, 6.07) is 16.1. The summed E-state index contributed by atoms with van der Waals surface area (Å²) in [7, 11) is 0. The molecule has 1 aliphatic rings. The van der Waals surface area contributed by atoms with Crippen molar-refractivity contribution in [3.8, 4) is 5.69 Å². The molecule has 3 N–H and O–H groups in total. The van der Waals surface area contributed by atoms with Crippen molar-refractivity contribution < 1.29 is 19.1 Å². The van der Waals surface area contributed by atoms with Crippen molar-refractivity contribution in [2.24, 2.45) is 0 Å². The molecule has 1 aliphatic heterocycles. The highest BCUT2D eigenvalue weighted by atomic mass is 16.5. The molecule has 0 atom stereocenters. The third-order valence-electron chi connectivity index (χ3n) is 5.26. The van der Waals surface area contributed by atoms with Crippen molar-refractivity contribution in [1.29, 1.82) is 0 Å². The lowest BCUT2D eigenvalue weighted by Gasteiger charge is -2.28. The maximum absolute atomic E-state index is 12.3. The van der Waals surface area contributed by atoms with Gasteiger partial charge in [-0.3, -0.25) is 4.79 Å². The number of amides is 3. The summed E-state index contributed by atoms with van der Waals surface area (Å²) in [5.74, 6) is -0.447. The van der Waals surface area contributed by atoms with Crippen LogP contribution in [0.4, 0.5) is 16.2 Å². The standard InChI is InChI=1S/C24H26N6O4/c1-2-34-23(32)21-11-13-30(28-21)20-9-5-18(6-10-20)27-24(33)26-15-17-3-7-19(8-4-17)29-14-12-25-22(31)16-29/h3-11,13H,2,12,14-16H2,1H3,(H,25,31)(H2,26,27,33). The van der Waals surface area contributed by atoms with E-state index in [2.05, 4.69) is 21.0 Å². The van der Waals surface area contributed by atoms with Crippen molar-refractivity contribution in [2.75, 3.05) is 36.5 Å². The number of carbonyl (C=O) groups excluding carboxylic acids is 3. The van der Waals surface area contributed by atoms with E-state index in [4.69, 9.17) is 4.74 Å². The van der Waals surface area contributed by atoms with Crippen LogP contribution in [-0.2, 0) is 16.1 Å². The van der Waals surface area contributed by atoms with E-state index < -0.39 is 5.97 Å². The zero-order valence-corrected chi connectivity index (χ0v) is 18.8. The molecule has 34 heavy (non-hydrogen) atoms. The minimum absolute atomic E-state index is 0.0211. The molecule has 2 aromatic carbocycles. The van der Waals surface area contributed by atoms with Gasteiger partial charge in [-0.1, -0.05) is 12.1 Å². The molecule has 1 aromatic heterocycles. The van der Waals surface area contributed by atoms with Gasteiger partial charge >= 0.3 is 12.0 Å². The molecule has 10 heteroatoms. The van der Waals surface area contributed by atoms with Gasteiger partial charge in [0.25, 0.3) is 0 Å². The molecule has 0 unspecified atom stereocenters. The number of aromatic nitrogens is 2. The van der Waals surface area contributed by atoms with Crippen LogP contribution in [0.1, 0.15) is 23.0 Å². The van der Waals surface area contributed by atoms with Crippen LogP contribution in [0.2, 0.25) is 0 Å². The van der Waals surface area contributed by atoms with Gasteiger partial charge in [0.2, 0.25) is 5.91 Å². The summed E-state index contributed by atoms with van der Waals surface area (Å²) in [5, 5.41) is 12.6. The van der Waals surface area contributed by atoms with Gasteiger partial charge in [-0.05, 0) is 55.0 Å². The van der Waals surface area contributed by atoms with E-state index in [-0.39, 0.29) is 24.2 Å². The van der Waals surface area contributed by atoms with Crippen LogP contribution >= 0.6 is 0 Å². The Labute approximate surface area is 196 Å². The zero-order valence-electron chi connectivity index (χ0n) is 18.8. The number of hydrogen-bond donors (Lipinski definition) is 3. The summed E-state index contributed by atoms with van der Waals surface area (Å²) in [6.45, 7) is 4.17. The number of ether oxygens (including phenoxy) is 1. The average Bonchev–Trinajstić information content (AvgIpc) is 3.34. The smallest absolute Gasteiger partial charge is 0.358 e. The predicted molar refractivity (Wildman–Crippen MR) is 127 cm³/mol. The summed E-state index contributed by atoms with van der Waals surface area (Å²) in [4.78, 5) is 37.6. The second-order valence-corrected chi connectivity index (χ2v) is 7.66. The highest BCUT2D eigenvalue weighted by molar-refractivity contribution is 5.89. The first-order chi connectivity index (χ1) is 16.5. The molecule has 1 saturated heterocycles. The molecule has 0 radical (unpaired) electrons. The molecule has 4 rings (SSSR count). The van der Waals surface area contributed by atoms with Gasteiger partial charge in [-0.25, -0.2) is 14.3 Å². The lowest BCUT2D eigenvalue weighted by molar-refractivity contribution is -0.120. The van der Waals surface area contributed by atoms with Gasteiger partial charge in [-0.15, -0.1) is 0 Å². The minimum Gasteiger partial charge on any atom is -0.461 e. The van der Waals surface area contributed by atoms with Crippen molar-refractivity contribution in [1.82, 2.24) is 20.4 Å². The summed E-state index contributed by atoms with van der Waals surface area (Å²) in [5.41, 5.74) is 3.53. The van der Waals surface area contributed by atoms with Gasteiger partial charge in [0.15, 0.2) is 5.69 Å². The lowest BCUT2D eigenvalue weighted by atomic mass is 10.2. The fourth-order valence-electron chi connectivity index (χ4n) is 3.52. The molecule has 0 bridgehead atoms. The van der Waals surface area contributed by atoms with E-state index in [1.807, 2.05) is 29.2 Å². The highest BCUT2D eigenvalue weighted by Crippen LogP contribution is 2.17. The van der Waals surface area contributed by atoms with Gasteiger partial charge < -0.3 is 25.6 Å². The van der Waals surface area contributed by atoms with Gasteiger partial charge in [0, 0.05) is 37.2 Å². The number of anilines is 2. The van der Waals surface area contributed by atoms with Crippen LogP contribution in [0, 0.1) is 0 Å². The lowest BCUT2D eigenvalue weighted by Crippen LogP contribution is -2.47. The van der Waals surface area contributed by atoms with E-state index in [1.54, 1.807) is 48.1 Å². The number of nitrogens with zero attached hydrogens (tertiary/aromatic N) is 3. The molecule has 3 amide bonds. The summed E-state index contributed by atoms with van der Waals surface area (Å²) in [6.07, 6.45) is 1.67. The monoisotopic (exact) mass is 462 g/mol. The van der Waals surface area contributed by atoms with Crippen molar-refractivity contribution >= 4 is 29.3 Å². The largest absolute Gasteiger partial charge is 0.461 e. The Bertz CT molecular complexity index is 1160. The molecular weight excluding hydrogens is 436 g/mol. The van der Waals surface area contributed by atoms with Gasteiger partial charge in [-0.2, -0.15) is 5.10 Å². The quantitative estimate of drug-likeness (QED) is 0.464. The van der Waals surface area contributed by atoms with E-state index in [0.717, 1.165) is 23.5 Å². The second kappa shape index (κ2) is 10.5. The Balaban J connectivity index is 1.27. The number of rotatable bonds is 7. The molecule has 0 spiro atoms. The van der Waals surface area contributed by atoms with Crippen molar-refractivity contribution in [3.05, 3.63) is 72.1 Å². The molecule has 176 valence electrons. The third kappa shape index (κ3) is 5.71. The number of esters is 1. The van der Waals surface area contributed by atoms with E-state index in [9.17, 15) is 14.4 Å². The van der Waals surface area contributed by atoms with Crippen LogP contribution in [0.5, 0.6) is 0 Å². The molecule has 3 aromatic rings. The third-order valence-corrected chi connectivity index (χ3v) is 5.26. The molecular formula is C24H26N6O4. The predicted octanol–water partition coefficient (Wildman–Crippen LogP) is 2.31. The first-order valence-corrected chi connectivity index (χ1v) is 11.0. The molecule has 2 heterocycles. The molecule has 1 fully saturated rings. The number of urea groups is 1. The van der Waals surface area contributed by atoms with E-state index in [0.29, 0.717) is 25.3 Å². The number of carbonyl (C=O) groups is 3. The fourth-order valence-corrected chi connectivity index (χ4v) is 3.52. The summed E-state index contributed by atoms with van der Waals surface area (Å²) < 4.78 is 6.51. The van der Waals surface area contributed by atoms with Crippen molar-refractivity contribution in [2.45, 2.75) is 13.5 Å². The molecule has 10 nitrogen and oxygen atoms in total. The normalized spacial score (nSPS) is 13.2. The van der Waals surface area contributed by atoms with Crippen LogP contribution in [0.15, 0.2) is 60.8 Å². The highest BCUT2D eigenvalue weighted by Gasteiger charge is 2.16. The molecule has 0 saturated carbocycles. The Kier molecular flexibility index (Phi) is 7.07. The van der Waals surface area contributed by atoms with Gasteiger partial charge in [0.1, 0.15) is 0 Å². The average molecular weight is 463 g/mol. The number of nitrogens with one attached hydrogen (secondary N) is 3. The topological polar surface area (TPSA) is 118 Å². The SMILES string of the molecule is CCOC(=O)c1ccn(-c2ccc(NC(=O)NCc3ccc(N4CCNC(=O)C4)cc3)cc2)n1. The van der Waals surface area contributed by atoms with E-state index >= 15 is 0 Å². The van der Waals surface area contributed by atoms with Crippen LogP contribution in [0.25, 0.3) is 5.69 Å². The summed E-state index contributed by atoms with van der Waals surface area (Å²) >= 11 is 0. The van der Waals surface area contributed by atoms with Crippen LogP contribution in [0.3, 0.4) is 0 Å².